The van der Waals surface area contributed by atoms with Crippen molar-refractivity contribution in [1.82, 2.24) is 10.6 Å². The van der Waals surface area contributed by atoms with Gasteiger partial charge in [-0.3, -0.25) is 4.79 Å². The molecule has 1 unspecified atom stereocenters. The second-order valence-corrected chi connectivity index (χ2v) is 4.51. The predicted molar refractivity (Wildman–Crippen MR) is 70.5 cm³/mol. The van der Waals surface area contributed by atoms with Crippen molar-refractivity contribution < 1.29 is 9.59 Å². The molecule has 0 aliphatic heterocycles. The van der Waals surface area contributed by atoms with Crippen molar-refractivity contribution in [2.75, 3.05) is 0 Å². The molecule has 0 aliphatic rings. The Morgan fingerprint density at radius 1 is 1.33 bits per heavy atom. The van der Waals surface area contributed by atoms with Crippen molar-refractivity contribution in [3.63, 3.8) is 0 Å². The lowest BCUT2D eigenvalue weighted by Crippen LogP contribution is -2.46. The lowest BCUT2D eigenvalue weighted by atomic mass is 10.2. The minimum Gasteiger partial charge on any atom is -0.368 e. The largest absolute Gasteiger partial charge is 0.368 e. The first-order valence-corrected chi connectivity index (χ1v) is 5.93. The average Bonchev–Trinajstić information content (AvgIpc) is 2.30. The highest BCUT2D eigenvalue weighted by Gasteiger charge is 2.11. The zero-order valence-electron chi connectivity index (χ0n) is 9.67. The van der Waals surface area contributed by atoms with Crippen LogP contribution < -0.4 is 16.4 Å². The Kier molecular flexibility index (Phi) is 5.25. The lowest BCUT2D eigenvalue weighted by Gasteiger charge is -2.11. The maximum atomic E-state index is 11.4. The summed E-state index contributed by atoms with van der Waals surface area (Å²) in [5.41, 5.74) is 5.81. The Morgan fingerprint density at radius 2 is 2.00 bits per heavy atom. The van der Waals surface area contributed by atoms with Crippen LogP contribution in [0.3, 0.4) is 0 Å². The quantitative estimate of drug-likeness (QED) is 0.788. The van der Waals surface area contributed by atoms with Crippen molar-refractivity contribution >= 4 is 35.1 Å². The molecule has 5 nitrogen and oxygen atoms in total. The summed E-state index contributed by atoms with van der Waals surface area (Å²) in [5, 5.41) is 5.83. The predicted octanol–water partition coefficient (Wildman–Crippen LogP) is 1.67. The molecule has 98 valence electrons. The molecule has 4 N–H and O–H groups in total. The lowest BCUT2D eigenvalue weighted by molar-refractivity contribution is -0.119. The fourth-order valence-corrected chi connectivity index (χ4v) is 1.47. The molecule has 1 aromatic carbocycles. The van der Waals surface area contributed by atoms with Gasteiger partial charge in [-0.05, 0) is 24.6 Å². The Balaban J connectivity index is 2.47. The molecule has 0 radical (unpaired) electrons. The van der Waals surface area contributed by atoms with Gasteiger partial charge in [0.15, 0.2) is 0 Å². The SMILES string of the molecule is CC(NC(=O)NCc1ccc(Cl)c(Cl)c1)C(N)=O. The molecule has 0 aliphatic carbocycles. The van der Waals surface area contributed by atoms with Crippen molar-refractivity contribution in [3.8, 4) is 0 Å². The maximum absolute atomic E-state index is 11.4. The monoisotopic (exact) mass is 289 g/mol. The number of primary amides is 1. The highest BCUT2D eigenvalue weighted by Crippen LogP contribution is 2.22. The molecule has 7 heteroatoms. The minimum atomic E-state index is -0.723. The Labute approximate surface area is 115 Å². The fraction of sp³-hybridized carbons (Fsp3) is 0.273. The Bertz CT molecular complexity index is 466. The van der Waals surface area contributed by atoms with Crippen LogP contribution in [0.5, 0.6) is 0 Å². The Hall–Kier alpha value is -1.46. The molecule has 0 spiro atoms. The van der Waals surface area contributed by atoms with Crippen LogP contribution in [0.4, 0.5) is 4.79 Å². The molecule has 18 heavy (non-hydrogen) atoms. The van der Waals surface area contributed by atoms with E-state index in [-0.39, 0.29) is 6.54 Å². The van der Waals surface area contributed by atoms with Gasteiger partial charge in [-0.25, -0.2) is 4.79 Å². The molecule has 0 bridgehead atoms. The molecule has 3 amide bonds. The van der Waals surface area contributed by atoms with Crippen molar-refractivity contribution in [3.05, 3.63) is 33.8 Å². The Morgan fingerprint density at radius 3 is 2.56 bits per heavy atom. The second-order valence-electron chi connectivity index (χ2n) is 3.70. The van der Waals surface area contributed by atoms with Crippen molar-refractivity contribution in [2.24, 2.45) is 5.73 Å². The van der Waals surface area contributed by atoms with Crippen LogP contribution in [0.1, 0.15) is 12.5 Å². The second kappa shape index (κ2) is 6.47. The van der Waals surface area contributed by atoms with Crippen LogP contribution in [0.25, 0.3) is 0 Å². The summed E-state index contributed by atoms with van der Waals surface area (Å²) in [4.78, 5) is 22.1. The van der Waals surface area contributed by atoms with Gasteiger partial charge >= 0.3 is 6.03 Å². The number of halogens is 2. The van der Waals surface area contributed by atoms with E-state index in [0.717, 1.165) is 5.56 Å². The van der Waals surface area contributed by atoms with Gasteiger partial charge in [0, 0.05) is 6.54 Å². The highest BCUT2D eigenvalue weighted by atomic mass is 35.5. The van der Waals surface area contributed by atoms with Gasteiger partial charge in [-0.2, -0.15) is 0 Å². The number of nitrogens with one attached hydrogen (secondary N) is 2. The van der Waals surface area contributed by atoms with E-state index in [4.69, 9.17) is 28.9 Å². The van der Waals surface area contributed by atoms with Gasteiger partial charge in [-0.15, -0.1) is 0 Å². The van der Waals surface area contributed by atoms with E-state index in [1.54, 1.807) is 18.2 Å². The molecule has 0 aromatic heterocycles. The number of nitrogens with two attached hydrogens (primary N) is 1. The van der Waals surface area contributed by atoms with E-state index < -0.39 is 18.0 Å². The first kappa shape index (κ1) is 14.6. The third kappa shape index (κ3) is 4.43. The van der Waals surface area contributed by atoms with Gasteiger partial charge in [0.25, 0.3) is 0 Å². The van der Waals surface area contributed by atoms with Crippen LogP contribution in [-0.2, 0) is 11.3 Å². The van der Waals surface area contributed by atoms with Crippen molar-refractivity contribution in [2.45, 2.75) is 19.5 Å². The molecular formula is C11H13Cl2N3O2. The van der Waals surface area contributed by atoms with Gasteiger partial charge in [0.1, 0.15) is 6.04 Å². The minimum absolute atomic E-state index is 0.272. The molecule has 1 rings (SSSR count). The maximum Gasteiger partial charge on any atom is 0.315 e. The average molecular weight is 290 g/mol. The smallest absolute Gasteiger partial charge is 0.315 e. The number of carbonyl (C=O) groups is 2. The van der Waals surface area contributed by atoms with Crippen LogP contribution in [-0.4, -0.2) is 18.0 Å². The molecule has 0 saturated carbocycles. The standard InChI is InChI=1S/C11H13Cl2N3O2/c1-6(10(14)17)16-11(18)15-5-7-2-3-8(12)9(13)4-7/h2-4,6H,5H2,1H3,(H2,14,17)(H2,15,16,18). The molecule has 1 atom stereocenters. The number of rotatable bonds is 4. The molecular weight excluding hydrogens is 277 g/mol. The molecule has 1 aromatic rings. The zero-order chi connectivity index (χ0) is 13.7. The van der Waals surface area contributed by atoms with Crippen LogP contribution >= 0.6 is 23.2 Å². The number of benzene rings is 1. The number of hydrogen-bond donors (Lipinski definition) is 3. The van der Waals surface area contributed by atoms with E-state index in [1.165, 1.54) is 6.92 Å². The summed E-state index contributed by atoms with van der Waals surface area (Å²) >= 11 is 11.6. The summed E-state index contributed by atoms with van der Waals surface area (Å²) in [6.07, 6.45) is 0. The first-order valence-electron chi connectivity index (χ1n) is 5.17. The van der Waals surface area contributed by atoms with E-state index in [0.29, 0.717) is 10.0 Å². The third-order valence-electron chi connectivity index (χ3n) is 2.21. The third-order valence-corrected chi connectivity index (χ3v) is 2.95. The van der Waals surface area contributed by atoms with Gasteiger partial charge < -0.3 is 16.4 Å². The summed E-state index contributed by atoms with van der Waals surface area (Å²) in [7, 11) is 0. The first-order chi connectivity index (χ1) is 8.40. The van der Waals surface area contributed by atoms with Gasteiger partial charge in [0.2, 0.25) is 5.91 Å². The topological polar surface area (TPSA) is 84.2 Å². The molecule has 0 heterocycles. The van der Waals surface area contributed by atoms with Crippen LogP contribution in [0, 0.1) is 0 Å². The number of amides is 3. The van der Waals surface area contributed by atoms with Crippen LogP contribution in [0.2, 0.25) is 10.0 Å². The molecule has 0 fully saturated rings. The summed E-state index contributed by atoms with van der Waals surface area (Å²) in [6, 6.07) is 3.84. The van der Waals surface area contributed by atoms with Crippen molar-refractivity contribution in [1.29, 1.82) is 0 Å². The van der Waals surface area contributed by atoms with Crippen LogP contribution in [0.15, 0.2) is 18.2 Å². The van der Waals surface area contributed by atoms with E-state index in [1.807, 2.05) is 0 Å². The normalized spacial score (nSPS) is 11.7. The number of carbonyl (C=O) groups excluding carboxylic acids is 2. The van der Waals surface area contributed by atoms with E-state index in [2.05, 4.69) is 10.6 Å². The van der Waals surface area contributed by atoms with Gasteiger partial charge in [0.05, 0.1) is 10.0 Å². The van der Waals surface area contributed by atoms with E-state index >= 15 is 0 Å². The summed E-state index contributed by atoms with van der Waals surface area (Å²) in [6.45, 7) is 1.77. The highest BCUT2D eigenvalue weighted by molar-refractivity contribution is 6.42. The zero-order valence-corrected chi connectivity index (χ0v) is 11.2. The van der Waals surface area contributed by atoms with E-state index in [9.17, 15) is 9.59 Å². The van der Waals surface area contributed by atoms with Gasteiger partial charge in [-0.1, -0.05) is 29.3 Å². The number of urea groups is 1. The summed E-state index contributed by atoms with van der Waals surface area (Å²) in [5.74, 6) is -0.598. The molecule has 0 saturated heterocycles. The fourth-order valence-electron chi connectivity index (χ4n) is 1.15. The summed E-state index contributed by atoms with van der Waals surface area (Å²) < 4.78 is 0. The number of hydrogen-bond acceptors (Lipinski definition) is 2.